The molecule has 16 heavy (non-hydrogen) atoms. The van der Waals surface area contributed by atoms with E-state index in [-0.39, 0.29) is 32.1 Å². The molecular weight excluding hydrogens is 227 g/mol. The zero-order valence-corrected chi connectivity index (χ0v) is 8.24. The first-order valence-corrected chi connectivity index (χ1v) is 4.64. The summed E-state index contributed by atoms with van der Waals surface area (Å²) in [5, 5.41) is 5.09. The molecule has 0 spiro atoms. The molecule has 0 atom stereocenters. The molecule has 1 aromatic heterocycles. The van der Waals surface area contributed by atoms with Gasteiger partial charge in [0.1, 0.15) is 5.88 Å². The molecule has 1 aliphatic heterocycles. The highest BCUT2D eigenvalue weighted by Crippen LogP contribution is 2.21. The van der Waals surface area contributed by atoms with Crippen molar-refractivity contribution in [2.45, 2.75) is 6.30 Å². The molecule has 0 amide bonds. The van der Waals surface area contributed by atoms with Gasteiger partial charge in [0, 0.05) is 13.1 Å². The van der Waals surface area contributed by atoms with Crippen LogP contribution < -0.4 is 9.80 Å². The van der Waals surface area contributed by atoms with Gasteiger partial charge >= 0.3 is 6.30 Å². The third-order valence-corrected chi connectivity index (χ3v) is 2.36. The SMILES string of the molecule is [NH-]c1c[n+](N2CCN(C(F)(F)F)CC2)no1. The molecule has 1 saturated heterocycles. The zero-order valence-electron chi connectivity index (χ0n) is 8.24. The molecule has 0 bridgehead atoms. The second-order valence-corrected chi connectivity index (χ2v) is 3.40. The summed E-state index contributed by atoms with van der Waals surface area (Å²) in [7, 11) is 0. The van der Waals surface area contributed by atoms with E-state index in [4.69, 9.17) is 5.73 Å². The maximum atomic E-state index is 12.3. The van der Waals surface area contributed by atoms with E-state index in [1.54, 1.807) is 5.01 Å². The molecule has 6 nitrogen and oxygen atoms in total. The summed E-state index contributed by atoms with van der Waals surface area (Å²) < 4.78 is 41.4. The second-order valence-electron chi connectivity index (χ2n) is 3.40. The first-order chi connectivity index (χ1) is 7.47. The van der Waals surface area contributed by atoms with Crippen molar-refractivity contribution >= 4 is 5.88 Å². The Morgan fingerprint density at radius 3 is 2.38 bits per heavy atom. The van der Waals surface area contributed by atoms with Crippen molar-refractivity contribution in [3.63, 3.8) is 0 Å². The first-order valence-electron chi connectivity index (χ1n) is 4.64. The molecule has 0 aliphatic carbocycles. The van der Waals surface area contributed by atoms with Crippen molar-refractivity contribution in [3.8, 4) is 0 Å². The molecule has 1 fully saturated rings. The molecule has 1 N–H and O–H groups in total. The number of hydrogen-bond acceptors (Lipinski definition) is 4. The Morgan fingerprint density at radius 1 is 1.31 bits per heavy atom. The summed E-state index contributed by atoms with van der Waals surface area (Å²) in [5.41, 5.74) is 7.11. The van der Waals surface area contributed by atoms with E-state index in [9.17, 15) is 13.2 Å². The van der Waals surface area contributed by atoms with Gasteiger partial charge in [-0.2, -0.15) is 18.2 Å². The molecule has 0 saturated carbocycles. The van der Waals surface area contributed by atoms with Crippen molar-refractivity contribution in [2.75, 3.05) is 31.2 Å². The predicted molar refractivity (Wildman–Crippen MR) is 46.3 cm³/mol. The van der Waals surface area contributed by atoms with Gasteiger partial charge in [0.2, 0.25) is 5.27 Å². The lowest BCUT2D eigenvalue weighted by Crippen LogP contribution is -2.66. The fraction of sp³-hybridized carbons (Fsp3) is 0.714. The van der Waals surface area contributed by atoms with Crippen LogP contribution in [0.4, 0.5) is 19.1 Å². The summed E-state index contributed by atoms with van der Waals surface area (Å²) in [6.45, 7) is 0.152. The Balaban J connectivity index is 1.95. The van der Waals surface area contributed by atoms with Crippen molar-refractivity contribution in [1.29, 1.82) is 0 Å². The molecular formula is C7H10F3N5O. The molecule has 9 heteroatoms. The van der Waals surface area contributed by atoms with Gasteiger partial charge in [-0.05, 0) is 0 Å². The van der Waals surface area contributed by atoms with E-state index in [0.29, 0.717) is 4.90 Å². The number of nitrogens with zero attached hydrogens (tertiary/aromatic N) is 4. The third kappa shape index (κ3) is 2.18. The van der Waals surface area contributed by atoms with Crippen LogP contribution in [0, 0.1) is 0 Å². The standard InChI is InChI=1S/C7H10F3N5O/c8-7(9,10)13-1-3-14(4-2-13)15-5-6(11)16-12-15/h5,11H,1-4H2. The quantitative estimate of drug-likeness (QED) is 0.524. The largest absolute Gasteiger partial charge is 0.660 e. The summed E-state index contributed by atoms with van der Waals surface area (Å²) in [6, 6.07) is 0. The lowest BCUT2D eigenvalue weighted by Gasteiger charge is -2.31. The van der Waals surface area contributed by atoms with Crippen LogP contribution in [0.1, 0.15) is 0 Å². The molecule has 90 valence electrons. The highest BCUT2D eigenvalue weighted by molar-refractivity contribution is 5.19. The predicted octanol–water partition coefficient (Wildman–Crippen LogP) is 0.419. The van der Waals surface area contributed by atoms with Gasteiger partial charge in [-0.3, -0.25) is 0 Å². The van der Waals surface area contributed by atoms with Crippen LogP contribution in [0.2, 0.25) is 0 Å². The van der Waals surface area contributed by atoms with Gasteiger partial charge in [-0.1, -0.05) is 0 Å². The van der Waals surface area contributed by atoms with E-state index < -0.39 is 6.30 Å². The molecule has 1 aliphatic rings. The van der Waals surface area contributed by atoms with Gasteiger partial charge in [0.05, 0.1) is 17.9 Å². The maximum Gasteiger partial charge on any atom is 0.460 e. The zero-order chi connectivity index (χ0) is 11.8. The second kappa shape index (κ2) is 3.81. The molecule has 0 radical (unpaired) electrons. The number of alkyl halides is 3. The van der Waals surface area contributed by atoms with Crippen molar-refractivity contribution < 1.29 is 22.5 Å². The summed E-state index contributed by atoms with van der Waals surface area (Å²) in [4.78, 5) is 1.71. The van der Waals surface area contributed by atoms with E-state index in [1.807, 2.05) is 0 Å². The monoisotopic (exact) mass is 237 g/mol. The Labute approximate surface area is 88.9 Å². The van der Waals surface area contributed by atoms with Crippen LogP contribution in [-0.2, 0) is 0 Å². The van der Waals surface area contributed by atoms with E-state index in [0.717, 1.165) is 0 Å². The fourth-order valence-electron chi connectivity index (χ4n) is 1.53. The summed E-state index contributed by atoms with van der Waals surface area (Å²) in [6.07, 6.45) is -2.97. The summed E-state index contributed by atoms with van der Waals surface area (Å²) >= 11 is 0. The van der Waals surface area contributed by atoms with Crippen molar-refractivity contribution in [2.24, 2.45) is 0 Å². The number of halogens is 3. The smallest absolute Gasteiger partial charge is 0.460 e. The highest BCUT2D eigenvalue weighted by Gasteiger charge is 2.40. The van der Waals surface area contributed by atoms with E-state index >= 15 is 0 Å². The number of hydrogen-bond donors (Lipinski definition) is 0. The van der Waals surface area contributed by atoms with Gasteiger partial charge < -0.3 is 10.3 Å². The Kier molecular flexibility index (Phi) is 2.62. The minimum absolute atomic E-state index is 0.114. The van der Waals surface area contributed by atoms with Crippen LogP contribution >= 0.6 is 0 Å². The average molecular weight is 237 g/mol. The van der Waals surface area contributed by atoms with Crippen LogP contribution in [0.15, 0.2) is 10.7 Å². The lowest BCUT2D eigenvalue weighted by molar-refractivity contribution is -0.759. The lowest BCUT2D eigenvalue weighted by atomic mass is 10.4. The number of rotatable bonds is 1. The van der Waals surface area contributed by atoms with E-state index in [2.05, 4.69) is 9.79 Å². The van der Waals surface area contributed by atoms with Crippen molar-refractivity contribution in [3.05, 3.63) is 11.9 Å². The van der Waals surface area contributed by atoms with Gasteiger partial charge in [0.15, 0.2) is 0 Å². The number of aromatic nitrogens is 2. The van der Waals surface area contributed by atoms with Crippen LogP contribution in [0.25, 0.3) is 5.73 Å². The normalized spacial score (nSPS) is 19.1. The van der Waals surface area contributed by atoms with Crippen LogP contribution in [-0.4, -0.2) is 42.7 Å². The van der Waals surface area contributed by atoms with Gasteiger partial charge in [-0.15, -0.1) is 0 Å². The maximum absolute atomic E-state index is 12.3. The average Bonchev–Trinajstić information content (AvgIpc) is 2.64. The Morgan fingerprint density at radius 2 is 1.94 bits per heavy atom. The molecule has 1 aromatic rings. The minimum atomic E-state index is -4.28. The van der Waals surface area contributed by atoms with E-state index in [1.165, 1.54) is 11.0 Å². The molecule has 2 heterocycles. The van der Waals surface area contributed by atoms with Crippen LogP contribution in [0.3, 0.4) is 0 Å². The van der Waals surface area contributed by atoms with Gasteiger partial charge in [-0.25, -0.2) is 4.90 Å². The minimum Gasteiger partial charge on any atom is -0.660 e. The van der Waals surface area contributed by atoms with Gasteiger partial charge in [0.25, 0.3) is 6.20 Å². The number of piperazine rings is 1. The molecule has 0 unspecified atom stereocenters. The Bertz CT molecular complexity index is 357. The summed E-state index contributed by atoms with van der Waals surface area (Å²) in [5.74, 6) is -0.127. The van der Waals surface area contributed by atoms with Crippen molar-refractivity contribution in [1.82, 2.24) is 10.2 Å². The topological polar surface area (TPSA) is 60.2 Å². The highest BCUT2D eigenvalue weighted by atomic mass is 19.4. The molecule has 0 aromatic carbocycles. The first kappa shape index (κ1) is 11.0. The van der Waals surface area contributed by atoms with Crippen LogP contribution in [0.5, 0.6) is 0 Å². The molecule has 2 rings (SSSR count). The fourth-order valence-corrected chi connectivity index (χ4v) is 1.53. The number of nitrogens with one attached hydrogen (secondary N) is 1. The Hall–Kier alpha value is -1.51. The third-order valence-electron chi connectivity index (χ3n) is 2.36.